The first-order chi connectivity index (χ1) is 12.0. The van der Waals surface area contributed by atoms with Crippen molar-refractivity contribution in [1.82, 2.24) is 9.21 Å². The summed E-state index contributed by atoms with van der Waals surface area (Å²) < 4.78 is 39.7. The second-order valence-electron chi connectivity index (χ2n) is 6.30. The van der Waals surface area contributed by atoms with Crippen molar-refractivity contribution < 1.29 is 12.8 Å². The summed E-state index contributed by atoms with van der Waals surface area (Å²) in [6.07, 6.45) is 1.03. The fourth-order valence-corrected chi connectivity index (χ4v) is 4.44. The lowest BCUT2D eigenvalue weighted by atomic mass is 10.1. The summed E-state index contributed by atoms with van der Waals surface area (Å²) in [5, 5.41) is 0. The molecule has 1 aliphatic rings. The van der Waals surface area contributed by atoms with E-state index in [2.05, 4.69) is 36.1 Å². The van der Waals surface area contributed by atoms with Crippen LogP contribution in [-0.2, 0) is 23.0 Å². The lowest BCUT2D eigenvalue weighted by Gasteiger charge is -2.34. The van der Waals surface area contributed by atoms with Gasteiger partial charge in [-0.15, -0.1) is 0 Å². The Balaban J connectivity index is 1.60. The van der Waals surface area contributed by atoms with Crippen LogP contribution in [0.2, 0.25) is 0 Å². The van der Waals surface area contributed by atoms with Gasteiger partial charge < -0.3 is 0 Å². The number of piperazine rings is 1. The number of hydrogen-bond donors (Lipinski definition) is 0. The molecule has 0 amide bonds. The highest BCUT2D eigenvalue weighted by atomic mass is 32.2. The molecule has 0 unspecified atom stereocenters. The molecule has 2 aromatic rings. The number of hydrogen-bond acceptors (Lipinski definition) is 3. The lowest BCUT2D eigenvalue weighted by molar-refractivity contribution is 0.181. The molecule has 1 saturated heterocycles. The second kappa shape index (κ2) is 7.64. The molecule has 2 aromatic carbocycles. The summed E-state index contributed by atoms with van der Waals surface area (Å²) in [5.41, 5.74) is 2.56. The fraction of sp³-hybridized carbons (Fsp3) is 0.368. The van der Waals surface area contributed by atoms with Crippen molar-refractivity contribution in [2.75, 3.05) is 26.2 Å². The van der Waals surface area contributed by atoms with E-state index in [0.29, 0.717) is 26.2 Å². The van der Waals surface area contributed by atoms with E-state index in [4.69, 9.17) is 0 Å². The maximum atomic E-state index is 13.0. The topological polar surface area (TPSA) is 40.6 Å². The van der Waals surface area contributed by atoms with Crippen molar-refractivity contribution in [2.24, 2.45) is 0 Å². The van der Waals surface area contributed by atoms with Crippen molar-refractivity contribution in [1.29, 1.82) is 0 Å². The van der Waals surface area contributed by atoms with E-state index in [1.54, 1.807) is 0 Å². The zero-order valence-corrected chi connectivity index (χ0v) is 15.2. The van der Waals surface area contributed by atoms with Gasteiger partial charge in [-0.05, 0) is 41.8 Å². The molecule has 1 fully saturated rings. The maximum Gasteiger partial charge on any atom is 0.243 e. The van der Waals surface area contributed by atoms with Crippen LogP contribution in [0.15, 0.2) is 53.4 Å². The van der Waals surface area contributed by atoms with E-state index >= 15 is 0 Å². The van der Waals surface area contributed by atoms with E-state index in [1.165, 1.54) is 39.7 Å². The van der Waals surface area contributed by atoms with Crippen LogP contribution in [-0.4, -0.2) is 43.8 Å². The third-order valence-electron chi connectivity index (χ3n) is 4.62. The van der Waals surface area contributed by atoms with Gasteiger partial charge in [0.05, 0.1) is 4.90 Å². The Bertz CT molecular complexity index is 796. The van der Waals surface area contributed by atoms with Crippen molar-refractivity contribution in [3.05, 3.63) is 65.5 Å². The summed E-state index contributed by atoms with van der Waals surface area (Å²) in [7, 11) is -3.54. The largest absolute Gasteiger partial charge is 0.296 e. The Kier molecular flexibility index (Phi) is 5.51. The van der Waals surface area contributed by atoms with Crippen LogP contribution in [0.1, 0.15) is 18.1 Å². The Hall–Kier alpha value is -1.76. The predicted octanol–water partition coefficient (Wildman–Crippen LogP) is 2.89. The first kappa shape index (κ1) is 18.0. The molecule has 3 rings (SSSR count). The molecule has 0 aromatic heterocycles. The van der Waals surface area contributed by atoms with Crippen molar-refractivity contribution in [3.8, 4) is 0 Å². The average molecular weight is 362 g/mol. The highest BCUT2D eigenvalue weighted by Gasteiger charge is 2.28. The Labute approximate surface area is 148 Å². The molecule has 0 saturated carbocycles. The van der Waals surface area contributed by atoms with E-state index in [1.807, 2.05) is 0 Å². The SMILES string of the molecule is CCc1ccc(CN2CCN(S(=O)(=O)c3ccc(F)cc3)CC2)cc1. The van der Waals surface area contributed by atoms with Gasteiger partial charge in [0.25, 0.3) is 0 Å². The summed E-state index contributed by atoms with van der Waals surface area (Å²) in [5.74, 6) is -0.433. The summed E-state index contributed by atoms with van der Waals surface area (Å²) in [6.45, 7) is 5.25. The van der Waals surface area contributed by atoms with Crippen molar-refractivity contribution in [2.45, 2.75) is 24.8 Å². The molecule has 0 radical (unpaired) electrons. The number of benzene rings is 2. The molecule has 6 heteroatoms. The third kappa shape index (κ3) is 4.26. The monoisotopic (exact) mass is 362 g/mol. The lowest BCUT2D eigenvalue weighted by Crippen LogP contribution is -2.48. The van der Waals surface area contributed by atoms with Gasteiger partial charge in [0, 0.05) is 32.7 Å². The van der Waals surface area contributed by atoms with Crippen LogP contribution in [0.25, 0.3) is 0 Å². The van der Waals surface area contributed by atoms with Crippen LogP contribution in [0, 0.1) is 5.82 Å². The van der Waals surface area contributed by atoms with Gasteiger partial charge in [-0.1, -0.05) is 31.2 Å². The zero-order chi connectivity index (χ0) is 17.9. The molecule has 25 heavy (non-hydrogen) atoms. The number of sulfonamides is 1. The zero-order valence-electron chi connectivity index (χ0n) is 14.4. The van der Waals surface area contributed by atoms with Crippen LogP contribution in [0.3, 0.4) is 0 Å². The van der Waals surface area contributed by atoms with Crippen LogP contribution >= 0.6 is 0 Å². The number of halogens is 1. The standard InChI is InChI=1S/C19H23FN2O2S/c1-2-16-3-5-17(6-4-16)15-21-11-13-22(14-12-21)25(23,24)19-9-7-18(20)8-10-19/h3-10H,2,11-15H2,1H3. The van der Waals surface area contributed by atoms with Gasteiger partial charge in [-0.2, -0.15) is 4.31 Å². The second-order valence-corrected chi connectivity index (χ2v) is 8.24. The highest BCUT2D eigenvalue weighted by molar-refractivity contribution is 7.89. The normalized spacial score (nSPS) is 16.9. The minimum absolute atomic E-state index is 0.150. The van der Waals surface area contributed by atoms with E-state index < -0.39 is 15.8 Å². The van der Waals surface area contributed by atoms with E-state index in [9.17, 15) is 12.8 Å². The van der Waals surface area contributed by atoms with E-state index in [0.717, 1.165) is 13.0 Å². The highest BCUT2D eigenvalue weighted by Crippen LogP contribution is 2.19. The van der Waals surface area contributed by atoms with Gasteiger partial charge >= 0.3 is 0 Å². The minimum atomic E-state index is -3.54. The third-order valence-corrected chi connectivity index (χ3v) is 6.53. The molecular weight excluding hydrogens is 339 g/mol. The molecular formula is C19H23FN2O2S. The number of aryl methyl sites for hydroxylation is 1. The van der Waals surface area contributed by atoms with Gasteiger partial charge in [0.1, 0.15) is 5.82 Å². The van der Waals surface area contributed by atoms with E-state index in [-0.39, 0.29) is 4.90 Å². The maximum absolute atomic E-state index is 13.0. The Morgan fingerprint density at radius 1 is 0.880 bits per heavy atom. The van der Waals surface area contributed by atoms with Crippen molar-refractivity contribution in [3.63, 3.8) is 0 Å². The molecule has 134 valence electrons. The number of nitrogens with zero attached hydrogens (tertiary/aromatic N) is 2. The predicted molar refractivity (Wildman–Crippen MR) is 96.3 cm³/mol. The van der Waals surface area contributed by atoms with Crippen molar-refractivity contribution >= 4 is 10.0 Å². The quantitative estimate of drug-likeness (QED) is 0.821. The molecule has 0 bridgehead atoms. The Morgan fingerprint density at radius 3 is 2.00 bits per heavy atom. The molecule has 0 atom stereocenters. The minimum Gasteiger partial charge on any atom is -0.296 e. The van der Waals surface area contributed by atoms with Gasteiger partial charge in [-0.3, -0.25) is 4.90 Å². The van der Waals surface area contributed by atoms with Crippen LogP contribution in [0.4, 0.5) is 4.39 Å². The average Bonchev–Trinajstić information content (AvgIpc) is 2.63. The molecule has 4 nitrogen and oxygen atoms in total. The summed E-state index contributed by atoms with van der Waals surface area (Å²) >= 11 is 0. The fourth-order valence-electron chi connectivity index (χ4n) is 3.02. The molecule has 0 spiro atoms. The molecule has 1 heterocycles. The van der Waals surface area contributed by atoms with Gasteiger partial charge in [0.15, 0.2) is 0 Å². The number of rotatable bonds is 5. The summed E-state index contributed by atoms with van der Waals surface area (Å²) in [4.78, 5) is 2.41. The molecule has 0 N–H and O–H groups in total. The van der Waals surface area contributed by atoms with Crippen LogP contribution < -0.4 is 0 Å². The molecule has 0 aliphatic carbocycles. The van der Waals surface area contributed by atoms with Crippen LogP contribution in [0.5, 0.6) is 0 Å². The first-order valence-corrected chi connectivity index (χ1v) is 9.99. The van der Waals surface area contributed by atoms with Gasteiger partial charge in [-0.25, -0.2) is 12.8 Å². The van der Waals surface area contributed by atoms with Gasteiger partial charge in [0.2, 0.25) is 10.0 Å². The molecule has 1 aliphatic heterocycles. The smallest absolute Gasteiger partial charge is 0.243 e. The Morgan fingerprint density at radius 2 is 1.44 bits per heavy atom. The summed E-state index contributed by atoms with van der Waals surface area (Å²) in [6, 6.07) is 13.6. The first-order valence-electron chi connectivity index (χ1n) is 8.55.